The van der Waals surface area contributed by atoms with E-state index in [4.69, 9.17) is 0 Å². The Bertz CT molecular complexity index is 1010. The van der Waals surface area contributed by atoms with Gasteiger partial charge in [-0.2, -0.15) is 0 Å². The second-order valence-corrected chi connectivity index (χ2v) is 7.97. The molecule has 0 radical (unpaired) electrons. The summed E-state index contributed by atoms with van der Waals surface area (Å²) in [5.74, 6) is 1.09. The van der Waals surface area contributed by atoms with Gasteiger partial charge in [-0.05, 0) is 43.0 Å². The van der Waals surface area contributed by atoms with Gasteiger partial charge in [-0.3, -0.25) is 14.6 Å². The standard InChI is InChI=1S/C22H23N5O2/c28-21(10-20-24-18-5-1-2-6-19(18)25-20)27-13-15-7-8-17(27)14-26(12-15)22(29)16-4-3-9-23-11-16/h1-6,9,11,15,17H,7-8,10,12-14H2,(H,24,25)/t15-,17+/m1/s1. The first-order valence-corrected chi connectivity index (χ1v) is 10.1. The number of hydrogen-bond acceptors (Lipinski definition) is 4. The van der Waals surface area contributed by atoms with Crippen molar-refractivity contribution in [3.63, 3.8) is 0 Å². The Labute approximate surface area is 168 Å². The smallest absolute Gasteiger partial charge is 0.255 e. The van der Waals surface area contributed by atoms with Crippen molar-refractivity contribution in [3.05, 3.63) is 60.2 Å². The molecule has 2 bridgehead atoms. The summed E-state index contributed by atoms with van der Waals surface area (Å²) in [7, 11) is 0. The van der Waals surface area contributed by atoms with Crippen molar-refractivity contribution in [3.8, 4) is 0 Å². The van der Waals surface area contributed by atoms with Gasteiger partial charge < -0.3 is 14.8 Å². The minimum absolute atomic E-state index is 0.00147. The Morgan fingerprint density at radius 3 is 2.79 bits per heavy atom. The monoisotopic (exact) mass is 389 g/mol. The Kier molecular flexibility index (Phi) is 4.50. The third-order valence-corrected chi connectivity index (χ3v) is 5.99. The first kappa shape index (κ1) is 17.8. The maximum atomic E-state index is 13.1. The number of pyridine rings is 1. The molecule has 2 aromatic heterocycles. The van der Waals surface area contributed by atoms with Crippen LogP contribution in [0.15, 0.2) is 48.8 Å². The fourth-order valence-electron chi connectivity index (χ4n) is 4.56. The van der Waals surface area contributed by atoms with Crippen LogP contribution in [-0.4, -0.2) is 62.2 Å². The van der Waals surface area contributed by atoms with Gasteiger partial charge in [0.1, 0.15) is 5.82 Å². The SMILES string of the molecule is O=C(c1cccnc1)N1C[C@H]2CC[C@@H](C1)N(C(=O)Cc1nc3ccccc3[nH]1)C2. The number of para-hydroxylation sites is 2. The molecule has 7 nitrogen and oxygen atoms in total. The lowest BCUT2D eigenvalue weighted by molar-refractivity contribution is -0.134. The third kappa shape index (κ3) is 3.48. The first-order chi connectivity index (χ1) is 14.2. The van der Waals surface area contributed by atoms with Gasteiger partial charge in [0.15, 0.2) is 0 Å². The van der Waals surface area contributed by atoms with Crippen molar-refractivity contribution < 1.29 is 9.59 Å². The van der Waals surface area contributed by atoms with Crippen LogP contribution in [0.4, 0.5) is 0 Å². The Hall–Kier alpha value is -3.22. The first-order valence-electron chi connectivity index (χ1n) is 10.1. The molecule has 3 fully saturated rings. The van der Waals surface area contributed by atoms with Crippen LogP contribution in [0.5, 0.6) is 0 Å². The predicted octanol–water partition coefficient (Wildman–Crippen LogP) is 2.26. The molecule has 2 amide bonds. The number of aromatic amines is 1. The molecule has 3 aliphatic heterocycles. The quantitative estimate of drug-likeness (QED) is 0.745. The molecular formula is C22H23N5O2. The van der Waals surface area contributed by atoms with Crippen LogP contribution in [0.2, 0.25) is 0 Å². The fraction of sp³-hybridized carbons (Fsp3) is 0.364. The van der Waals surface area contributed by atoms with Gasteiger partial charge in [-0.15, -0.1) is 0 Å². The summed E-state index contributed by atoms with van der Waals surface area (Å²) >= 11 is 0. The lowest BCUT2D eigenvalue weighted by Gasteiger charge is -2.36. The Morgan fingerprint density at radius 1 is 1.07 bits per heavy atom. The molecule has 3 aromatic rings. The number of fused-ring (bicyclic) bond motifs is 5. The number of hydrogen-bond donors (Lipinski definition) is 1. The lowest BCUT2D eigenvalue weighted by atomic mass is 9.94. The molecule has 3 aliphatic rings. The van der Waals surface area contributed by atoms with E-state index in [0.29, 0.717) is 36.9 Å². The minimum Gasteiger partial charge on any atom is -0.342 e. The Balaban J connectivity index is 1.31. The highest BCUT2D eigenvalue weighted by atomic mass is 16.2. The second kappa shape index (κ2) is 7.31. The summed E-state index contributed by atoms with van der Waals surface area (Å²) < 4.78 is 0. The Morgan fingerprint density at radius 2 is 1.97 bits per heavy atom. The van der Waals surface area contributed by atoms with E-state index in [-0.39, 0.29) is 24.3 Å². The van der Waals surface area contributed by atoms with E-state index in [9.17, 15) is 9.59 Å². The number of carbonyl (C=O) groups excluding carboxylic acids is 2. The van der Waals surface area contributed by atoms with Gasteiger partial charge in [-0.1, -0.05) is 12.1 Å². The second-order valence-electron chi connectivity index (χ2n) is 7.97. The van der Waals surface area contributed by atoms with Gasteiger partial charge in [0.25, 0.3) is 5.91 Å². The largest absolute Gasteiger partial charge is 0.342 e. The molecule has 6 rings (SSSR count). The van der Waals surface area contributed by atoms with Crippen LogP contribution >= 0.6 is 0 Å². The van der Waals surface area contributed by atoms with E-state index < -0.39 is 0 Å². The van der Waals surface area contributed by atoms with E-state index in [2.05, 4.69) is 15.0 Å². The van der Waals surface area contributed by atoms with Crippen LogP contribution in [0.3, 0.4) is 0 Å². The van der Waals surface area contributed by atoms with Gasteiger partial charge in [0, 0.05) is 38.1 Å². The molecule has 0 saturated carbocycles. The molecular weight excluding hydrogens is 366 g/mol. The van der Waals surface area contributed by atoms with Gasteiger partial charge in [-0.25, -0.2) is 4.98 Å². The molecule has 0 unspecified atom stereocenters. The minimum atomic E-state index is 0.00147. The summed E-state index contributed by atoms with van der Waals surface area (Å²) in [5.41, 5.74) is 2.43. The maximum Gasteiger partial charge on any atom is 0.255 e. The average Bonchev–Trinajstić information content (AvgIpc) is 2.93. The molecule has 0 aliphatic carbocycles. The molecule has 3 saturated heterocycles. The van der Waals surface area contributed by atoms with E-state index in [1.165, 1.54) is 0 Å². The van der Waals surface area contributed by atoms with E-state index in [0.717, 1.165) is 23.9 Å². The molecule has 2 atom stereocenters. The predicted molar refractivity (Wildman–Crippen MR) is 108 cm³/mol. The number of benzene rings is 1. The number of aromatic nitrogens is 3. The molecule has 7 heteroatoms. The van der Waals surface area contributed by atoms with E-state index >= 15 is 0 Å². The summed E-state index contributed by atoms with van der Waals surface area (Å²) in [6.07, 6.45) is 5.53. The van der Waals surface area contributed by atoms with Crippen LogP contribution in [-0.2, 0) is 11.2 Å². The third-order valence-electron chi connectivity index (χ3n) is 5.99. The molecule has 1 N–H and O–H groups in total. The molecule has 29 heavy (non-hydrogen) atoms. The number of nitrogens with one attached hydrogen (secondary N) is 1. The number of H-pyrrole nitrogens is 1. The van der Waals surface area contributed by atoms with Crippen molar-refractivity contribution >= 4 is 22.8 Å². The molecule has 0 spiro atoms. The van der Waals surface area contributed by atoms with Crippen LogP contribution in [0.25, 0.3) is 11.0 Å². The molecule has 5 heterocycles. The van der Waals surface area contributed by atoms with E-state index in [1.807, 2.05) is 34.1 Å². The number of nitrogens with zero attached hydrogens (tertiary/aromatic N) is 4. The van der Waals surface area contributed by atoms with Crippen molar-refractivity contribution in [1.82, 2.24) is 24.8 Å². The average molecular weight is 389 g/mol. The zero-order chi connectivity index (χ0) is 19.8. The maximum absolute atomic E-state index is 13.1. The number of carbonyl (C=O) groups is 2. The summed E-state index contributed by atoms with van der Waals surface area (Å²) in [6.45, 7) is 1.98. The van der Waals surface area contributed by atoms with Crippen LogP contribution < -0.4 is 0 Å². The zero-order valence-electron chi connectivity index (χ0n) is 16.1. The zero-order valence-corrected chi connectivity index (χ0v) is 16.1. The van der Waals surface area contributed by atoms with Crippen molar-refractivity contribution in [2.75, 3.05) is 19.6 Å². The summed E-state index contributed by atoms with van der Waals surface area (Å²) in [4.78, 5) is 41.7. The van der Waals surface area contributed by atoms with Crippen molar-refractivity contribution in [2.45, 2.75) is 25.3 Å². The summed E-state index contributed by atoms with van der Waals surface area (Å²) in [6, 6.07) is 11.4. The highest BCUT2D eigenvalue weighted by Gasteiger charge is 2.38. The fourth-order valence-corrected chi connectivity index (χ4v) is 4.56. The summed E-state index contributed by atoms with van der Waals surface area (Å²) in [5, 5.41) is 0. The van der Waals surface area contributed by atoms with E-state index in [1.54, 1.807) is 24.5 Å². The number of amides is 2. The van der Waals surface area contributed by atoms with Gasteiger partial charge in [0.2, 0.25) is 5.91 Å². The molecule has 1 aromatic carbocycles. The van der Waals surface area contributed by atoms with Crippen molar-refractivity contribution in [1.29, 1.82) is 0 Å². The van der Waals surface area contributed by atoms with Crippen molar-refractivity contribution in [2.24, 2.45) is 5.92 Å². The number of imidazole rings is 1. The number of piperidine rings is 1. The van der Waals surface area contributed by atoms with Gasteiger partial charge in [0.05, 0.1) is 23.0 Å². The van der Waals surface area contributed by atoms with Gasteiger partial charge >= 0.3 is 0 Å². The van der Waals surface area contributed by atoms with Crippen LogP contribution in [0, 0.1) is 5.92 Å². The highest BCUT2D eigenvalue weighted by Crippen LogP contribution is 2.29. The highest BCUT2D eigenvalue weighted by molar-refractivity contribution is 5.94. The molecule has 148 valence electrons. The number of rotatable bonds is 3. The van der Waals surface area contributed by atoms with Crippen LogP contribution in [0.1, 0.15) is 29.0 Å². The topological polar surface area (TPSA) is 82.2 Å². The normalized spacial score (nSPS) is 21.4. The lowest BCUT2D eigenvalue weighted by Crippen LogP contribution is -2.48.